The van der Waals surface area contributed by atoms with Crippen molar-refractivity contribution in [3.8, 4) is 0 Å². The molecule has 1 aromatic heterocycles. The Bertz CT molecular complexity index is 424. The molecule has 0 atom stereocenters. The van der Waals surface area contributed by atoms with Crippen LogP contribution in [0.3, 0.4) is 0 Å². The third-order valence-corrected chi connectivity index (χ3v) is 2.64. The van der Waals surface area contributed by atoms with Crippen LogP contribution in [0.4, 0.5) is 0 Å². The number of hydrogen-bond donors (Lipinski definition) is 0. The summed E-state index contributed by atoms with van der Waals surface area (Å²) in [5.74, 6) is -2.25. The largest absolute Gasteiger partial charge is 0.460 e. The van der Waals surface area contributed by atoms with E-state index in [1.165, 1.54) is 11.3 Å². The van der Waals surface area contributed by atoms with Gasteiger partial charge in [0.2, 0.25) is 5.78 Å². The van der Waals surface area contributed by atoms with Gasteiger partial charge in [-0.25, -0.2) is 9.78 Å². The third kappa shape index (κ3) is 3.23. The SMILES string of the molecule is CCOC(=O)C(=O)CC(=O)c1ncc(C)s1. The molecule has 1 rings (SSSR count). The number of rotatable bonds is 5. The molecule has 0 aliphatic heterocycles. The summed E-state index contributed by atoms with van der Waals surface area (Å²) in [5, 5.41) is 0.246. The van der Waals surface area contributed by atoms with E-state index >= 15 is 0 Å². The Kier molecular flexibility index (Phi) is 4.30. The maximum Gasteiger partial charge on any atom is 0.375 e. The van der Waals surface area contributed by atoms with Crippen LogP contribution in [0, 0.1) is 6.92 Å². The molecule has 5 nitrogen and oxygen atoms in total. The maximum atomic E-state index is 11.5. The van der Waals surface area contributed by atoms with Crippen molar-refractivity contribution in [1.29, 1.82) is 0 Å². The minimum atomic E-state index is -0.968. The monoisotopic (exact) mass is 241 g/mol. The van der Waals surface area contributed by atoms with Crippen molar-refractivity contribution in [2.75, 3.05) is 6.61 Å². The van der Waals surface area contributed by atoms with Gasteiger partial charge in [0.1, 0.15) is 0 Å². The van der Waals surface area contributed by atoms with Gasteiger partial charge in [-0.2, -0.15) is 0 Å². The topological polar surface area (TPSA) is 73.3 Å². The highest BCUT2D eigenvalue weighted by atomic mass is 32.1. The Morgan fingerprint density at radius 1 is 1.44 bits per heavy atom. The van der Waals surface area contributed by atoms with Gasteiger partial charge in [0.05, 0.1) is 13.0 Å². The summed E-state index contributed by atoms with van der Waals surface area (Å²) in [4.78, 5) is 38.4. The van der Waals surface area contributed by atoms with Gasteiger partial charge in [0.25, 0.3) is 0 Å². The number of aromatic nitrogens is 1. The number of carbonyl (C=O) groups is 3. The van der Waals surface area contributed by atoms with Gasteiger partial charge in [0.15, 0.2) is 10.8 Å². The van der Waals surface area contributed by atoms with Gasteiger partial charge >= 0.3 is 5.97 Å². The molecule has 0 amide bonds. The first-order valence-electron chi connectivity index (χ1n) is 4.70. The van der Waals surface area contributed by atoms with Crippen LogP contribution in [0.25, 0.3) is 0 Å². The molecule has 6 heteroatoms. The van der Waals surface area contributed by atoms with Crippen molar-refractivity contribution >= 4 is 28.9 Å². The number of thiazole rings is 1. The van der Waals surface area contributed by atoms with E-state index in [0.717, 1.165) is 4.88 Å². The second-order valence-corrected chi connectivity index (χ2v) is 4.25. The highest BCUT2D eigenvalue weighted by molar-refractivity contribution is 7.13. The lowest BCUT2D eigenvalue weighted by Gasteiger charge is -1.98. The lowest BCUT2D eigenvalue weighted by molar-refractivity contribution is -0.153. The predicted octanol–water partition coefficient (Wildman–Crippen LogP) is 1.16. The molecule has 0 aromatic carbocycles. The Morgan fingerprint density at radius 2 is 2.12 bits per heavy atom. The Balaban J connectivity index is 2.58. The van der Waals surface area contributed by atoms with Crippen LogP contribution in [0.2, 0.25) is 0 Å². The number of aryl methyl sites for hydroxylation is 1. The van der Waals surface area contributed by atoms with Crippen LogP contribution < -0.4 is 0 Å². The number of ether oxygens (including phenoxy) is 1. The van der Waals surface area contributed by atoms with Crippen LogP contribution in [-0.4, -0.2) is 29.1 Å². The summed E-state index contributed by atoms with van der Waals surface area (Å²) in [7, 11) is 0. The maximum absolute atomic E-state index is 11.5. The summed E-state index contributed by atoms with van der Waals surface area (Å²) in [6.07, 6.45) is 1.07. The van der Waals surface area contributed by atoms with Gasteiger partial charge in [-0.05, 0) is 13.8 Å². The standard InChI is InChI=1S/C10H11NO4S/c1-3-15-10(14)8(13)4-7(12)9-11-5-6(2)16-9/h5H,3-4H2,1-2H3. The molecule has 0 spiro atoms. The molecule has 0 bridgehead atoms. The van der Waals surface area contributed by atoms with Crippen LogP contribution in [-0.2, 0) is 14.3 Å². The van der Waals surface area contributed by atoms with Crippen molar-refractivity contribution in [2.24, 2.45) is 0 Å². The van der Waals surface area contributed by atoms with Crippen molar-refractivity contribution in [3.05, 3.63) is 16.1 Å². The first-order chi connectivity index (χ1) is 7.54. The fourth-order valence-corrected chi connectivity index (χ4v) is 1.69. The Labute approximate surface area is 96.4 Å². The van der Waals surface area contributed by atoms with E-state index < -0.39 is 24.0 Å². The average Bonchev–Trinajstić information content (AvgIpc) is 2.65. The van der Waals surface area contributed by atoms with E-state index in [4.69, 9.17) is 0 Å². The molecular weight excluding hydrogens is 230 g/mol. The van der Waals surface area contributed by atoms with Crippen LogP contribution in [0.5, 0.6) is 0 Å². The summed E-state index contributed by atoms with van der Waals surface area (Å²) >= 11 is 1.20. The van der Waals surface area contributed by atoms with Crippen molar-refractivity contribution in [2.45, 2.75) is 20.3 Å². The van der Waals surface area contributed by atoms with E-state index in [9.17, 15) is 14.4 Å². The molecule has 16 heavy (non-hydrogen) atoms. The smallest absolute Gasteiger partial charge is 0.375 e. The molecule has 0 N–H and O–H groups in total. The third-order valence-electron chi connectivity index (χ3n) is 1.68. The minimum Gasteiger partial charge on any atom is -0.460 e. The zero-order chi connectivity index (χ0) is 12.1. The minimum absolute atomic E-state index is 0.120. The summed E-state index contributed by atoms with van der Waals surface area (Å²) in [6, 6.07) is 0. The lowest BCUT2D eigenvalue weighted by Crippen LogP contribution is -2.20. The summed E-state index contributed by atoms with van der Waals surface area (Å²) in [6.45, 7) is 3.52. The first-order valence-corrected chi connectivity index (χ1v) is 5.51. The van der Waals surface area contributed by atoms with Gasteiger partial charge in [-0.3, -0.25) is 9.59 Å². The number of nitrogens with zero attached hydrogens (tertiary/aromatic N) is 1. The van der Waals surface area contributed by atoms with Gasteiger partial charge in [0, 0.05) is 11.1 Å². The fourth-order valence-electron chi connectivity index (χ4n) is 0.989. The lowest BCUT2D eigenvalue weighted by atomic mass is 10.2. The summed E-state index contributed by atoms with van der Waals surface area (Å²) < 4.78 is 4.49. The first kappa shape index (κ1) is 12.5. The second-order valence-electron chi connectivity index (χ2n) is 3.02. The van der Waals surface area contributed by atoms with Crippen molar-refractivity contribution in [3.63, 3.8) is 0 Å². The number of Topliss-reactive ketones (excluding diaryl/α,β-unsaturated/α-hetero) is 2. The number of ketones is 2. The fraction of sp³-hybridized carbons (Fsp3) is 0.400. The van der Waals surface area contributed by atoms with Crippen molar-refractivity contribution < 1.29 is 19.1 Å². The van der Waals surface area contributed by atoms with E-state index in [1.54, 1.807) is 13.1 Å². The summed E-state index contributed by atoms with van der Waals surface area (Å²) in [5.41, 5.74) is 0. The molecule has 0 saturated carbocycles. The molecule has 0 radical (unpaired) electrons. The molecule has 0 saturated heterocycles. The molecule has 0 fully saturated rings. The zero-order valence-corrected chi connectivity index (χ0v) is 9.80. The molecule has 1 heterocycles. The van der Waals surface area contributed by atoms with E-state index in [1.807, 2.05) is 6.92 Å². The van der Waals surface area contributed by atoms with E-state index in [0.29, 0.717) is 0 Å². The molecule has 0 aliphatic carbocycles. The Hall–Kier alpha value is -1.56. The van der Waals surface area contributed by atoms with Crippen LogP contribution in [0.15, 0.2) is 6.20 Å². The predicted molar refractivity (Wildman–Crippen MR) is 57.4 cm³/mol. The molecule has 1 aromatic rings. The molecule has 86 valence electrons. The van der Waals surface area contributed by atoms with Crippen LogP contribution in [0.1, 0.15) is 28.0 Å². The molecule has 0 unspecified atom stereocenters. The molecular formula is C10H11NO4S. The van der Waals surface area contributed by atoms with Crippen LogP contribution >= 0.6 is 11.3 Å². The average molecular weight is 241 g/mol. The molecule has 0 aliphatic rings. The number of esters is 1. The van der Waals surface area contributed by atoms with E-state index in [-0.39, 0.29) is 11.6 Å². The highest BCUT2D eigenvalue weighted by Gasteiger charge is 2.21. The number of carbonyl (C=O) groups excluding carboxylic acids is 3. The van der Waals surface area contributed by atoms with Gasteiger partial charge in [-0.1, -0.05) is 0 Å². The van der Waals surface area contributed by atoms with E-state index in [2.05, 4.69) is 9.72 Å². The number of hydrogen-bond acceptors (Lipinski definition) is 6. The highest BCUT2D eigenvalue weighted by Crippen LogP contribution is 2.13. The normalized spacial score (nSPS) is 9.88. The zero-order valence-electron chi connectivity index (χ0n) is 8.98. The van der Waals surface area contributed by atoms with Gasteiger partial charge in [-0.15, -0.1) is 11.3 Å². The van der Waals surface area contributed by atoms with Gasteiger partial charge < -0.3 is 4.74 Å². The second kappa shape index (κ2) is 5.50. The van der Waals surface area contributed by atoms with Crippen molar-refractivity contribution in [1.82, 2.24) is 4.98 Å². The quantitative estimate of drug-likeness (QED) is 0.335. The Morgan fingerprint density at radius 3 is 2.62 bits per heavy atom.